The molecular weight excluding hydrogens is 297 g/mol. The van der Waals surface area contributed by atoms with Crippen molar-refractivity contribution in [3.8, 4) is 0 Å². The minimum Gasteiger partial charge on any atom is -0.465 e. The Balaban J connectivity index is 2.14. The van der Waals surface area contributed by atoms with Crippen molar-refractivity contribution in [1.29, 1.82) is 0 Å². The molecule has 0 bridgehead atoms. The van der Waals surface area contributed by atoms with Gasteiger partial charge >= 0.3 is 5.97 Å². The summed E-state index contributed by atoms with van der Waals surface area (Å²) in [4.78, 5) is 12.1. The molecule has 1 heterocycles. The van der Waals surface area contributed by atoms with Crippen molar-refractivity contribution in [3.05, 3.63) is 34.6 Å². The molecule has 0 spiro atoms. The Kier molecular flexibility index (Phi) is 5.96. The van der Waals surface area contributed by atoms with Gasteiger partial charge in [0.25, 0.3) is 0 Å². The van der Waals surface area contributed by atoms with Crippen molar-refractivity contribution in [2.24, 2.45) is 0 Å². The molecule has 1 saturated heterocycles. The summed E-state index contributed by atoms with van der Waals surface area (Å²) in [7, 11) is 0. The molecule has 2 atom stereocenters. The monoisotopic (exact) mass is 315 g/mol. The highest BCUT2D eigenvalue weighted by Gasteiger charge is 2.27. The van der Waals surface area contributed by atoms with E-state index in [1.54, 1.807) is 13.0 Å². The molecule has 0 aliphatic carbocycles. The normalized spacial score (nSPS) is 19.5. The van der Waals surface area contributed by atoms with Crippen LogP contribution in [0.1, 0.15) is 31.4 Å². The molecule has 4 nitrogen and oxygen atoms in total. The minimum absolute atomic E-state index is 0.0132. The Bertz CT molecular complexity index is 492. The third-order valence-electron chi connectivity index (χ3n) is 3.39. The number of hydrogen-bond acceptors (Lipinski definition) is 4. The van der Waals surface area contributed by atoms with Crippen molar-refractivity contribution in [1.82, 2.24) is 5.32 Å². The number of esters is 1. The zero-order chi connectivity index (χ0) is 15.2. The molecule has 0 amide bonds. The fourth-order valence-electron chi connectivity index (χ4n) is 2.34. The van der Waals surface area contributed by atoms with E-state index >= 15 is 0 Å². The van der Waals surface area contributed by atoms with Crippen molar-refractivity contribution >= 4 is 17.6 Å². The van der Waals surface area contributed by atoms with Gasteiger partial charge in [0.05, 0.1) is 17.7 Å². The average molecular weight is 316 g/mol. The second-order valence-corrected chi connectivity index (χ2v) is 5.28. The SMILES string of the molecule is CCOC(=O)C(NCC1CCCO1)c1cccc(Cl)c1F. The Morgan fingerprint density at radius 2 is 2.43 bits per heavy atom. The van der Waals surface area contributed by atoms with Crippen molar-refractivity contribution in [2.75, 3.05) is 19.8 Å². The molecule has 0 aromatic heterocycles. The third kappa shape index (κ3) is 4.15. The number of hydrogen-bond donors (Lipinski definition) is 1. The van der Waals surface area contributed by atoms with Gasteiger partial charge in [0, 0.05) is 18.7 Å². The first-order chi connectivity index (χ1) is 10.1. The van der Waals surface area contributed by atoms with Gasteiger partial charge in [-0.15, -0.1) is 0 Å². The number of nitrogens with one attached hydrogen (secondary N) is 1. The van der Waals surface area contributed by atoms with Gasteiger partial charge in [-0.2, -0.15) is 0 Å². The summed E-state index contributed by atoms with van der Waals surface area (Å²) in [5, 5.41) is 3.02. The zero-order valence-corrected chi connectivity index (χ0v) is 12.7. The summed E-state index contributed by atoms with van der Waals surface area (Å²) in [6, 6.07) is 3.71. The summed E-state index contributed by atoms with van der Waals surface area (Å²) in [6.45, 7) is 3.14. The first kappa shape index (κ1) is 16.2. The molecule has 1 aromatic rings. The van der Waals surface area contributed by atoms with E-state index in [2.05, 4.69) is 5.32 Å². The molecule has 0 radical (unpaired) electrons. The number of benzene rings is 1. The molecule has 116 valence electrons. The molecule has 2 unspecified atom stereocenters. The maximum Gasteiger partial charge on any atom is 0.327 e. The van der Waals surface area contributed by atoms with Gasteiger partial charge in [-0.05, 0) is 25.8 Å². The largest absolute Gasteiger partial charge is 0.465 e. The van der Waals surface area contributed by atoms with Crippen molar-refractivity contribution in [2.45, 2.75) is 31.9 Å². The van der Waals surface area contributed by atoms with E-state index in [1.807, 2.05) is 0 Å². The third-order valence-corrected chi connectivity index (χ3v) is 3.68. The average Bonchev–Trinajstić information content (AvgIpc) is 2.97. The highest BCUT2D eigenvalue weighted by Crippen LogP contribution is 2.25. The topological polar surface area (TPSA) is 47.6 Å². The molecule has 1 fully saturated rings. The standard InChI is InChI=1S/C15H19ClFNO3/c1-2-20-15(19)14(18-9-10-5-4-8-21-10)11-6-3-7-12(16)13(11)17/h3,6-7,10,14,18H,2,4-5,8-9H2,1H3. The lowest BCUT2D eigenvalue weighted by Crippen LogP contribution is -2.36. The predicted molar refractivity (Wildman–Crippen MR) is 77.8 cm³/mol. The summed E-state index contributed by atoms with van der Waals surface area (Å²) in [6.07, 6.45) is 1.98. The van der Waals surface area contributed by atoms with Crippen LogP contribution >= 0.6 is 11.6 Å². The molecule has 21 heavy (non-hydrogen) atoms. The molecule has 0 saturated carbocycles. The van der Waals surface area contributed by atoms with Gasteiger partial charge in [0.15, 0.2) is 0 Å². The quantitative estimate of drug-likeness (QED) is 0.820. The molecular formula is C15H19ClFNO3. The highest BCUT2D eigenvalue weighted by atomic mass is 35.5. The van der Waals surface area contributed by atoms with Crippen LogP contribution in [0.2, 0.25) is 5.02 Å². The minimum atomic E-state index is -0.882. The smallest absolute Gasteiger partial charge is 0.327 e. The maximum atomic E-state index is 14.1. The fourth-order valence-corrected chi connectivity index (χ4v) is 2.53. The molecule has 1 N–H and O–H groups in total. The Labute approximate surface area is 128 Å². The Morgan fingerprint density at radius 1 is 1.62 bits per heavy atom. The van der Waals surface area contributed by atoms with Gasteiger partial charge < -0.3 is 9.47 Å². The summed E-state index contributed by atoms with van der Waals surface area (Å²) < 4.78 is 24.7. The number of carbonyl (C=O) groups excluding carboxylic acids is 1. The number of halogens is 2. The lowest BCUT2D eigenvalue weighted by atomic mass is 10.1. The summed E-state index contributed by atoms with van der Waals surface area (Å²) in [5.41, 5.74) is 0.193. The number of ether oxygens (including phenoxy) is 2. The lowest BCUT2D eigenvalue weighted by Gasteiger charge is -2.20. The van der Waals surface area contributed by atoms with Crippen LogP contribution in [0.15, 0.2) is 18.2 Å². The van der Waals surface area contributed by atoms with Gasteiger partial charge in [-0.1, -0.05) is 23.7 Å². The molecule has 1 aliphatic heterocycles. The molecule has 6 heteroatoms. The van der Waals surface area contributed by atoms with E-state index in [0.29, 0.717) is 6.54 Å². The van der Waals surface area contributed by atoms with E-state index < -0.39 is 17.8 Å². The van der Waals surface area contributed by atoms with Gasteiger partial charge in [-0.3, -0.25) is 5.32 Å². The fraction of sp³-hybridized carbons (Fsp3) is 0.533. The molecule has 1 aliphatic rings. The highest BCUT2D eigenvalue weighted by molar-refractivity contribution is 6.30. The van der Waals surface area contributed by atoms with E-state index in [-0.39, 0.29) is 23.3 Å². The Morgan fingerprint density at radius 3 is 3.10 bits per heavy atom. The predicted octanol–water partition coefficient (Wildman–Crippen LogP) is 2.85. The lowest BCUT2D eigenvalue weighted by molar-refractivity contribution is -0.146. The van der Waals surface area contributed by atoms with Crippen LogP contribution < -0.4 is 5.32 Å². The zero-order valence-electron chi connectivity index (χ0n) is 11.9. The van der Waals surface area contributed by atoms with Crippen molar-refractivity contribution in [3.63, 3.8) is 0 Å². The number of carbonyl (C=O) groups is 1. The second-order valence-electron chi connectivity index (χ2n) is 4.87. The van der Waals surface area contributed by atoms with E-state index in [0.717, 1.165) is 19.4 Å². The second kappa shape index (κ2) is 7.73. The van der Waals surface area contributed by atoms with Crippen LogP contribution in [-0.2, 0) is 14.3 Å². The van der Waals surface area contributed by atoms with Crippen LogP contribution in [-0.4, -0.2) is 31.8 Å². The van der Waals surface area contributed by atoms with Crippen LogP contribution in [0.25, 0.3) is 0 Å². The molecule has 2 rings (SSSR count). The van der Waals surface area contributed by atoms with E-state index in [4.69, 9.17) is 21.1 Å². The van der Waals surface area contributed by atoms with Crippen LogP contribution in [0, 0.1) is 5.82 Å². The van der Waals surface area contributed by atoms with Crippen molar-refractivity contribution < 1.29 is 18.7 Å². The van der Waals surface area contributed by atoms with Crippen LogP contribution in [0.5, 0.6) is 0 Å². The van der Waals surface area contributed by atoms with E-state index in [1.165, 1.54) is 12.1 Å². The first-order valence-electron chi connectivity index (χ1n) is 7.09. The van der Waals surface area contributed by atoms with Gasteiger partial charge in [0.1, 0.15) is 11.9 Å². The number of rotatable bonds is 6. The first-order valence-corrected chi connectivity index (χ1v) is 7.46. The summed E-state index contributed by atoms with van der Waals surface area (Å²) in [5.74, 6) is -1.12. The molecule has 1 aromatic carbocycles. The van der Waals surface area contributed by atoms with Crippen LogP contribution in [0.4, 0.5) is 4.39 Å². The van der Waals surface area contributed by atoms with E-state index in [9.17, 15) is 9.18 Å². The van der Waals surface area contributed by atoms with Gasteiger partial charge in [0.2, 0.25) is 0 Å². The Hall–Kier alpha value is -1.17. The maximum absolute atomic E-state index is 14.1. The van der Waals surface area contributed by atoms with Gasteiger partial charge in [-0.25, -0.2) is 9.18 Å². The summed E-state index contributed by atoms with van der Waals surface area (Å²) >= 11 is 5.79. The van der Waals surface area contributed by atoms with Crippen LogP contribution in [0.3, 0.4) is 0 Å².